The number of hydrogen-bond donors (Lipinski definition) is 2. The maximum Gasteiger partial charge on any atom is 0.191 e. The van der Waals surface area contributed by atoms with E-state index in [2.05, 4.69) is 46.1 Å². The Morgan fingerprint density at radius 1 is 1.30 bits per heavy atom. The molecule has 23 heavy (non-hydrogen) atoms. The number of morpholine rings is 1. The van der Waals surface area contributed by atoms with Gasteiger partial charge in [-0.3, -0.25) is 9.89 Å². The highest BCUT2D eigenvalue weighted by Crippen LogP contribution is 2.33. The molecule has 0 amide bonds. The Hall–Kier alpha value is 0.270. The molecule has 2 saturated heterocycles. The van der Waals surface area contributed by atoms with Gasteiger partial charge in [0.25, 0.3) is 0 Å². The topological polar surface area (TPSA) is 48.9 Å². The van der Waals surface area contributed by atoms with Crippen LogP contribution in [0.3, 0.4) is 0 Å². The summed E-state index contributed by atoms with van der Waals surface area (Å²) in [6, 6.07) is 0. The molecule has 2 N–H and O–H groups in total. The highest BCUT2D eigenvalue weighted by Gasteiger charge is 2.40. The lowest BCUT2D eigenvalue weighted by atomic mass is 9.95. The van der Waals surface area contributed by atoms with Gasteiger partial charge >= 0.3 is 0 Å². The van der Waals surface area contributed by atoms with Crippen molar-refractivity contribution in [2.75, 3.05) is 57.9 Å². The van der Waals surface area contributed by atoms with Crippen LogP contribution in [0, 0.1) is 5.92 Å². The van der Waals surface area contributed by atoms with Crippen molar-refractivity contribution in [3.05, 3.63) is 0 Å². The Balaban J connectivity index is 0.00000264. The summed E-state index contributed by atoms with van der Waals surface area (Å²) in [5.74, 6) is 4.13. The van der Waals surface area contributed by atoms with Crippen LogP contribution in [0.1, 0.15) is 26.7 Å². The van der Waals surface area contributed by atoms with Crippen LogP contribution in [0.15, 0.2) is 4.99 Å². The van der Waals surface area contributed by atoms with Gasteiger partial charge < -0.3 is 15.4 Å². The van der Waals surface area contributed by atoms with E-state index < -0.39 is 0 Å². The van der Waals surface area contributed by atoms with E-state index in [1.54, 1.807) is 0 Å². The van der Waals surface area contributed by atoms with Crippen molar-refractivity contribution in [2.24, 2.45) is 10.9 Å². The number of nitrogens with zero attached hydrogens (tertiary/aromatic N) is 2. The first kappa shape index (κ1) is 21.3. The Kier molecular flexibility index (Phi) is 10.2. The zero-order valence-corrected chi connectivity index (χ0v) is 17.9. The third-order valence-corrected chi connectivity index (χ3v) is 5.82. The second-order valence-electron chi connectivity index (χ2n) is 6.66. The molecule has 2 rings (SSSR count). The first-order valence-corrected chi connectivity index (χ1v) is 9.67. The Morgan fingerprint density at radius 2 is 2.04 bits per heavy atom. The number of nitrogens with one attached hydrogen (secondary N) is 2. The van der Waals surface area contributed by atoms with Gasteiger partial charge in [0.15, 0.2) is 5.96 Å². The zero-order valence-electron chi connectivity index (χ0n) is 14.8. The van der Waals surface area contributed by atoms with Crippen molar-refractivity contribution in [2.45, 2.75) is 32.2 Å². The van der Waals surface area contributed by atoms with E-state index in [0.717, 1.165) is 51.3 Å². The molecule has 2 heterocycles. The van der Waals surface area contributed by atoms with Gasteiger partial charge in [0, 0.05) is 44.5 Å². The zero-order chi connectivity index (χ0) is 15.8. The molecule has 0 saturated carbocycles. The Labute approximate surface area is 162 Å². The molecule has 0 aliphatic carbocycles. The van der Waals surface area contributed by atoms with Gasteiger partial charge in [-0.15, -0.1) is 24.0 Å². The van der Waals surface area contributed by atoms with Crippen molar-refractivity contribution < 1.29 is 4.74 Å². The molecule has 1 unspecified atom stereocenters. The third-order valence-electron chi connectivity index (χ3n) is 4.59. The fourth-order valence-electron chi connectivity index (χ4n) is 3.08. The highest BCUT2D eigenvalue weighted by molar-refractivity contribution is 14.0. The summed E-state index contributed by atoms with van der Waals surface area (Å²) >= 11 is 2.07. The lowest BCUT2D eigenvalue weighted by Crippen LogP contribution is -2.60. The van der Waals surface area contributed by atoms with Crippen molar-refractivity contribution >= 4 is 41.7 Å². The smallest absolute Gasteiger partial charge is 0.191 e. The fraction of sp³-hybridized carbons (Fsp3) is 0.938. The van der Waals surface area contributed by atoms with Crippen LogP contribution in [-0.4, -0.2) is 74.3 Å². The van der Waals surface area contributed by atoms with Crippen LogP contribution in [-0.2, 0) is 4.74 Å². The standard InChI is InChI=1S/C16H32N4OS.HI/c1-14(2)4-6-18-15(17-3)19-12-16(5-11-22-13-16)20-7-9-21-10-8-20;/h14H,4-13H2,1-3H3,(H2,17,18,19);1H. The monoisotopic (exact) mass is 456 g/mol. The third kappa shape index (κ3) is 6.59. The van der Waals surface area contributed by atoms with Crippen molar-refractivity contribution in [1.82, 2.24) is 15.5 Å². The molecule has 0 aromatic carbocycles. The molecule has 0 bridgehead atoms. The largest absolute Gasteiger partial charge is 0.379 e. The maximum atomic E-state index is 5.52. The predicted octanol–water partition coefficient (Wildman–Crippen LogP) is 2.02. The summed E-state index contributed by atoms with van der Waals surface area (Å²) in [6.45, 7) is 10.3. The minimum atomic E-state index is 0. The Morgan fingerprint density at radius 3 is 2.61 bits per heavy atom. The summed E-state index contributed by atoms with van der Waals surface area (Å²) in [4.78, 5) is 7.00. The minimum Gasteiger partial charge on any atom is -0.379 e. The van der Waals surface area contributed by atoms with Crippen molar-refractivity contribution in [3.8, 4) is 0 Å². The number of guanidine groups is 1. The van der Waals surface area contributed by atoms with E-state index in [0.29, 0.717) is 0 Å². The van der Waals surface area contributed by atoms with Gasteiger partial charge in [0.1, 0.15) is 0 Å². The number of aliphatic imine (C=N–C) groups is 1. The number of halogens is 1. The predicted molar refractivity (Wildman–Crippen MR) is 111 cm³/mol. The molecule has 2 aliphatic rings. The van der Waals surface area contributed by atoms with Gasteiger partial charge in [0.05, 0.1) is 13.2 Å². The van der Waals surface area contributed by atoms with E-state index in [9.17, 15) is 0 Å². The van der Waals surface area contributed by atoms with E-state index in [-0.39, 0.29) is 29.5 Å². The fourth-order valence-corrected chi connectivity index (χ4v) is 4.56. The van der Waals surface area contributed by atoms with Crippen LogP contribution < -0.4 is 10.6 Å². The molecule has 0 spiro atoms. The van der Waals surface area contributed by atoms with Gasteiger partial charge in [-0.2, -0.15) is 11.8 Å². The highest BCUT2D eigenvalue weighted by atomic mass is 127. The van der Waals surface area contributed by atoms with E-state index in [4.69, 9.17) is 4.74 Å². The van der Waals surface area contributed by atoms with Crippen molar-refractivity contribution in [3.63, 3.8) is 0 Å². The molecule has 7 heteroatoms. The van der Waals surface area contributed by atoms with Crippen LogP contribution in [0.25, 0.3) is 0 Å². The number of ether oxygens (including phenoxy) is 1. The quantitative estimate of drug-likeness (QED) is 0.364. The lowest BCUT2D eigenvalue weighted by Gasteiger charge is -2.43. The molecule has 136 valence electrons. The molecule has 2 fully saturated rings. The summed E-state index contributed by atoms with van der Waals surface area (Å²) in [7, 11) is 1.86. The first-order valence-electron chi connectivity index (χ1n) is 8.51. The molecular weight excluding hydrogens is 423 g/mol. The first-order chi connectivity index (χ1) is 10.7. The minimum absolute atomic E-state index is 0. The maximum absolute atomic E-state index is 5.52. The van der Waals surface area contributed by atoms with Crippen molar-refractivity contribution in [1.29, 1.82) is 0 Å². The van der Waals surface area contributed by atoms with Gasteiger partial charge in [-0.05, 0) is 24.5 Å². The summed E-state index contributed by atoms with van der Waals surface area (Å²) in [5.41, 5.74) is 0.268. The second kappa shape index (κ2) is 11.0. The molecule has 0 radical (unpaired) electrons. The normalized spacial score (nSPS) is 26.2. The van der Waals surface area contributed by atoms with Crippen LogP contribution in [0.5, 0.6) is 0 Å². The summed E-state index contributed by atoms with van der Waals surface area (Å²) in [6.07, 6.45) is 2.43. The van der Waals surface area contributed by atoms with Gasteiger partial charge in [-0.1, -0.05) is 13.8 Å². The molecule has 1 atom stereocenters. The molecular formula is C16H33IN4OS. The van der Waals surface area contributed by atoms with Gasteiger partial charge in [-0.25, -0.2) is 0 Å². The van der Waals surface area contributed by atoms with E-state index in [1.807, 2.05) is 7.05 Å². The molecule has 0 aromatic heterocycles. The number of hydrogen-bond acceptors (Lipinski definition) is 4. The summed E-state index contributed by atoms with van der Waals surface area (Å²) in [5, 5.41) is 7.00. The number of rotatable bonds is 6. The van der Waals surface area contributed by atoms with E-state index in [1.165, 1.54) is 24.3 Å². The lowest BCUT2D eigenvalue weighted by molar-refractivity contribution is -0.0120. The van der Waals surface area contributed by atoms with E-state index >= 15 is 0 Å². The summed E-state index contributed by atoms with van der Waals surface area (Å²) < 4.78 is 5.52. The second-order valence-corrected chi connectivity index (χ2v) is 7.77. The average Bonchev–Trinajstić information content (AvgIpc) is 3.01. The average molecular weight is 456 g/mol. The Bertz CT molecular complexity index is 356. The van der Waals surface area contributed by atoms with Crippen LogP contribution >= 0.6 is 35.7 Å². The SMILES string of the molecule is CN=C(NCCC(C)C)NCC1(N2CCOCC2)CCSC1.I. The van der Waals surface area contributed by atoms with Crippen LogP contribution in [0.4, 0.5) is 0 Å². The van der Waals surface area contributed by atoms with Gasteiger partial charge in [0.2, 0.25) is 0 Å². The molecule has 5 nitrogen and oxygen atoms in total. The number of thioether (sulfide) groups is 1. The molecule has 2 aliphatic heterocycles. The molecule has 0 aromatic rings. The van der Waals surface area contributed by atoms with Crippen LogP contribution in [0.2, 0.25) is 0 Å².